The fraction of sp³-hybridized carbons (Fsp3) is 0.294. The molecule has 1 amide bonds. The Bertz CT molecular complexity index is 715. The predicted octanol–water partition coefficient (Wildman–Crippen LogP) is 4.80. The molecule has 1 aromatic carbocycles. The molecular weight excluding hydrogens is 333 g/mol. The number of pyridine rings is 1. The van der Waals surface area contributed by atoms with E-state index in [1.54, 1.807) is 36.7 Å². The van der Waals surface area contributed by atoms with Crippen molar-refractivity contribution >= 4 is 40.5 Å². The molecule has 1 fully saturated rings. The molecule has 6 heteroatoms. The number of carbonyl (C=O) groups excluding carboxylic acids is 1. The summed E-state index contributed by atoms with van der Waals surface area (Å²) in [5.74, 6) is -0.0877. The molecule has 0 unspecified atom stereocenters. The van der Waals surface area contributed by atoms with Crippen LogP contribution < -0.4 is 10.6 Å². The zero-order chi connectivity index (χ0) is 16.2. The first-order chi connectivity index (χ1) is 11.1. The van der Waals surface area contributed by atoms with Crippen molar-refractivity contribution < 1.29 is 4.79 Å². The lowest BCUT2D eigenvalue weighted by molar-refractivity contribution is 0.0937. The van der Waals surface area contributed by atoms with Gasteiger partial charge in [0, 0.05) is 17.3 Å². The molecular formula is C17H17Cl2N3O. The van der Waals surface area contributed by atoms with E-state index in [2.05, 4.69) is 15.6 Å². The highest BCUT2D eigenvalue weighted by molar-refractivity contribution is 6.36. The van der Waals surface area contributed by atoms with Crippen LogP contribution in [0.15, 0.2) is 36.7 Å². The molecule has 2 N–H and O–H groups in total. The molecule has 1 aliphatic rings. The van der Waals surface area contributed by atoms with Crippen molar-refractivity contribution in [2.45, 2.75) is 31.7 Å². The van der Waals surface area contributed by atoms with E-state index in [-0.39, 0.29) is 11.9 Å². The van der Waals surface area contributed by atoms with Crippen LogP contribution in [0.4, 0.5) is 11.4 Å². The van der Waals surface area contributed by atoms with Gasteiger partial charge in [-0.05, 0) is 37.1 Å². The number of anilines is 2. The van der Waals surface area contributed by atoms with Crippen LogP contribution in [-0.2, 0) is 0 Å². The highest BCUT2D eigenvalue weighted by Gasteiger charge is 2.18. The topological polar surface area (TPSA) is 54.0 Å². The van der Waals surface area contributed by atoms with E-state index >= 15 is 0 Å². The Labute approximate surface area is 145 Å². The maximum absolute atomic E-state index is 12.3. The number of halogens is 2. The molecule has 0 bridgehead atoms. The van der Waals surface area contributed by atoms with Crippen molar-refractivity contribution in [3.8, 4) is 0 Å². The zero-order valence-corrected chi connectivity index (χ0v) is 14.0. The smallest absolute Gasteiger partial charge is 0.253 e. The van der Waals surface area contributed by atoms with Crippen LogP contribution >= 0.6 is 23.2 Å². The van der Waals surface area contributed by atoms with Gasteiger partial charge in [0.2, 0.25) is 0 Å². The fourth-order valence-electron chi connectivity index (χ4n) is 2.72. The molecule has 2 aromatic rings. The summed E-state index contributed by atoms with van der Waals surface area (Å²) in [6, 6.07) is 7.25. The number of amides is 1. The molecule has 0 saturated heterocycles. The van der Waals surface area contributed by atoms with Crippen molar-refractivity contribution in [3.05, 3.63) is 52.3 Å². The molecule has 0 aliphatic heterocycles. The third-order valence-electron chi connectivity index (χ3n) is 3.90. The maximum atomic E-state index is 12.3. The first-order valence-corrected chi connectivity index (χ1v) is 8.35. The molecule has 1 aliphatic carbocycles. The van der Waals surface area contributed by atoms with Crippen LogP contribution in [0.5, 0.6) is 0 Å². The Kier molecular flexibility index (Phi) is 5.03. The SMILES string of the molecule is O=C(NC1CCCC1)c1cncc(Nc2ccc(Cl)cc2Cl)c1. The number of aromatic nitrogens is 1. The van der Waals surface area contributed by atoms with E-state index in [0.717, 1.165) is 12.8 Å². The van der Waals surface area contributed by atoms with Crippen LogP contribution in [0.1, 0.15) is 36.0 Å². The molecule has 120 valence electrons. The molecule has 0 atom stereocenters. The number of rotatable bonds is 4. The molecule has 23 heavy (non-hydrogen) atoms. The summed E-state index contributed by atoms with van der Waals surface area (Å²) >= 11 is 12.0. The van der Waals surface area contributed by atoms with Crippen molar-refractivity contribution in [3.63, 3.8) is 0 Å². The van der Waals surface area contributed by atoms with E-state index in [9.17, 15) is 4.79 Å². The van der Waals surface area contributed by atoms with Gasteiger partial charge in [-0.15, -0.1) is 0 Å². The Morgan fingerprint density at radius 1 is 1.13 bits per heavy atom. The number of carbonyl (C=O) groups is 1. The minimum absolute atomic E-state index is 0.0877. The van der Waals surface area contributed by atoms with Gasteiger partial charge in [0.1, 0.15) is 0 Å². The second kappa shape index (κ2) is 7.20. The van der Waals surface area contributed by atoms with E-state index in [1.807, 2.05) is 0 Å². The maximum Gasteiger partial charge on any atom is 0.253 e. The van der Waals surface area contributed by atoms with Crippen molar-refractivity contribution in [2.75, 3.05) is 5.32 Å². The highest BCUT2D eigenvalue weighted by atomic mass is 35.5. The minimum atomic E-state index is -0.0877. The van der Waals surface area contributed by atoms with Crippen LogP contribution in [0.3, 0.4) is 0 Å². The van der Waals surface area contributed by atoms with E-state index in [1.165, 1.54) is 12.8 Å². The Morgan fingerprint density at radius 2 is 1.91 bits per heavy atom. The lowest BCUT2D eigenvalue weighted by Crippen LogP contribution is -2.32. The van der Waals surface area contributed by atoms with Crippen molar-refractivity contribution in [1.82, 2.24) is 10.3 Å². The molecule has 0 spiro atoms. The van der Waals surface area contributed by atoms with E-state index < -0.39 is 0 Å². The Balaban J connectivity index is 1.72. The average Bonchev–Trinajstić information content (AvgIpc) is 3.03. The van der Waals surface area contributed by atoms with Gasteiger partial charge in [-0.1, -0.05) is 36.0 Å². The Morgan fingerprint density at radius 3 is 2.65 bits per heavy atom. The van der Waals surface area contributed by atoms with Gasteiger partial charge >= 0.3 is 0 Å². The van der Waals surface area contributed by atoms with Gasteiger partial charge in [0.25, 0.3) is 5.91 Å². The summed E-state index contributed by atoms with van der Waals surface area (Å²) in [4.78, 5) is 16.4. The number of nitrogens with one attached hydrogen (secondary N) is 2. The lowest BCUT2D eigenvalue weighted by Gasteiger charge is -2.13. The normalized spacial score (nSPS) is 14.7. The molecule has 0 radical (unpaired) electrons. The largest absolute Gasteiger partial charge is 0.353 e. The van der Waals surface area contributed by atoms with Gasteiger partial charge in [-0.25, -0.2) is 0 Å². The third kappa shape index (κ3) is 4.15. The van der Waals surface area contributed by atoms with Gasteiger partial charge in [-0.3, -0.25) is 9.78 Å². The lowest BCUT2D eigenvalue weighted by atomic mass is 10.2. The van der Waals surface area contributed by atoms with Crippen LogP contribution in [0.25, 0.3) is 0 Å². The van der Waals surface area contributed by atoms with Crippen molar-refractivity contribution in [1.29, 1.82) is 0 Å². The summed E-state index contributed by atoms with van der Waals surface area (Å²) in [6.07, 6.45) is 7.69. The number of hydrogen-bond acceptors (Lipinski definition) is 3. The molecule has 1 aromatic heterocycles. The molecule has 4 nitrogen and oxygen atoms in total. The quantitative estimate of drug-likeness (QED) is 0.832. The van der Waals surface area contributed by atoms with Crippen molar-refractivity contribution in [2.24, 2.45) is 0 Å². The Hall–Kier alpha value is -1.78. The summed E-state index contributed by atoms with van der Waals surface area (Å²) in [6.45, 7) is 0. The summed E-state index contributed by atoms with van der Waals surface area (Å²) in [7, 11) is 0. The highest BCUT2D eigenvalue weighted by Crippen LogP contribution is 2.28. The summed E-state index contributed by atoms with van der Waals surface area (Å²) in [5, 5.41) is 7.29. The predicted molar refractivity (Wildman–Crippen MR) is 93.7 cm³/mol. The van der Waals surface area contributed by atoms with Crippen LogP contribution in [0.2, 0.25) is 10.0 Å². The second-order valence-electron chi connectivity index (χ2n) is 5.67. The minimum Gasteiger partial charge on any atom is -0.353 e. The molecule has 1 heterocycles. The summed E-state index contributed by atoms with van der Waals surface area (Å²) in [5.41, 5.74) is 1.95. The first kappa shape index (κ1) is 16.1. The van der Waals surface area contributed by atoms with E-state index in [4.69, 9.17) is 23.2 Å². The average molecular weight is 350 g/mol. The van der Waals surface area contributed by atoms with Gasteiger partial charge in [0.05, 0.1) is 28.2 Å². The third-order valence-corrected chi connectivity index (χ3v) is 4.45. The van der Waals surface area contributed by atoms with Gasteiger partial charge in [0.15, 0.2) is 0 Å². The zero-order valence-electron chi connectivity index (χ0n) is 12.5. The van der Waals surface area contributed by atoms with E-state index in [0.29, 0.717) is 27.0 Å². The standard InChI is InChI=1S/C17H17Cl2N3O/c18-12-5-6-16(15(19)8-12)21-14-7-11(9-20-10-14)17(23)22-13-3-1-2-4-13/h5-10,13,21H,1-4H2,(H,22,23). The fourth-order valence-corrected chi connectivity index (χ4v) is 3.17. The monoisotopic (exact) mass is 349 g/mol. The number of nitrogens with zero attached hydrogens (tertiary/aromatic N) is 1. The molecule has 3 rings (SSSR count). The number of hydrogen-bond donors (Lipinski definition) is 2. The van der Waals surface area contributed by atoms with Gasteiger partial charge in [-0.2, -0.15) is 0 Å². The molecule has 1 saturated carbocycles. The summed E-state index contributed by atoms with van der Waals surface area (Å²) < 4.78 is 0. The number of benzene rings is 1. The second-order valence-corrected chi connectivity index (χ2v) is 6.51. The first-order valence-electron chi connectivity index (χ1n) is 7.60. The van der Waals surface area contributed by atoms with Crippen LogP contribution in [-0.4, -0.2) is 16.9 Å². The van der Waals surface area contributed by atoms with Gasteiger partial charge < -0.3 is 10.6 Å². The van der Waals surface area contributed by atoms with Crippen LogP contribution in [0, 0.1) is 0 Å².